The molecule has 0 aromatic carbocycles. The lowest BCUT2D eigenvalue weighted by Gasteiger charge is -2.07. The predicted octanol–water partition coefficient (Wildman–Crippen LogP) is 2.25. The molecule has 1 rings (SSSR count). The van der Waals surface area contributed by atoms with Crippen LogP contribution in [0.5, 0.6) is 0 Å². The lowest BCUT2D eigenvalue weighted by Crippen LogP contribution is -2.10. The van der Waals surface area contributed by atoms with Gasteiger partial charge in [-0.1, -0.05) is 6.92 Å². The average Bonchev–Trinajstić information content (AvgIpc) is 2.54. The van der Waals surface area contributed by atoms with Crippen molar-refractivity contribution < 1.29 is 9.53 Å². The maximum Gasteiger partial charge on any atom is 0.336 e. The van der Waals surface area contributed by atoms with Gasteiger partial charge >= 0.3 is 5.97 Å². The number of ether oxygens (including phenoxy) is 1. The molecule has 14 heavy (non-hydrogen) atoms. The van der Waals surface area contributed by atoms with Crippen LogP contribution >= 0.6 is 11.8 Å². The van der Waals surface area contributed by atoms with Crippen LogP contribution in [0, 0.1) is 6.57 Å². The second-order valence-electron chi connectivity index (χ2n) is 2.97. The number of nitrogens with zero attached hydrogens (tertiary/aromatic N) is 1. The molecule has 76 valence electrons. The summed E-state index contributed by atoms with van der Waals surface area (Å²) in [6, 6.07) is 0. The Balaban J connectivity index is 2.90. The highest BCUT2D eigenvalue weighted by Gasteiger charge is 2.25. The molecule has 0 aliphatic carbocycles. The molecule has 1 heterocycles. The van der Waals surface area contributed by atoms with Crippen LogP contribution in [0.3, 0.4) is 0 Å². The van der Waals surface area contributed by atoms with Gasteiger partial charge in [0.15, 0.2) is 0 Å². The first-order valence-corrected chi connectivity index (χ1v) is 5.64. The van der Waals surface area contributed by atoms with E-state index in [0.29, 0.717) is 6.61 Å². The molecular formula is C10H13NO2S. The maximum atomic E-state index is 11.4. The molecule has 0 spiro atoms. The van der Waals surface area contributed by atoms with Crippen molar-refractivity contribution in [1.82, 2.24) is 0 Å². The number of esters is 1. The zero-order chi connectivity index (χ0) is 10.6. The summed E-state index contributed by atoms with van der Waals surface area (Å²) in [6.07, 6.45) is 0.836. The Morgan fingerprint density at radius 1 is 1.79 bits per heavy atom. The van der Waals surface area contributed by atoms with Crippen molar-refractivity contribution in [3.05, 3.63) is 22.7 Å². The maximum absolute atomic E-state index is 11.4. The normalized spacial score (nSPS) is 24.2. The first kappa shape index (κ1) is 11.1. The van der Waals surface area contributed by atoms with Crippen molar-refractivity contribution in [2.75, 3.05) is 12.4 Å². The minimum atomic E-state index is -0.466. The summed E-state index contributed by atoms with van der Waals surface area (Å²) in [6.45, 7) is 11.1. The lowest BCUT2D eigenvalue weighted by atomic mass is 10.1. The van der Waals surface area contributed by atoms with Gasteiger partial charge in [-0.15, -0.1) is 0 Å². The Morgan fingerprint density at radius 2 is 2.50 bits per heavy atom. The van der Waals surface area contributed by atoms with Gasteiger partial charge in [-0.3, -0.25) is 4.79 Å². The van der Waals surface area contributed by atoms with Crippen molar-refractivity contribution in [3.8, 4) is 0 Å². The zero-order valence-electron chi connectivity index (χ0n) is 8.37. The number of carbonyl (C=O) groups is 1. The fourth-order valence-corrected chi connectivity index (χ4v) is 2.53. The van der Waals surface area contributed by atoms with E-state index < -0.39 is 5.97 Å². The Labute approximate surface area is 88.3 Å². The van der Waals surface area contributed by atoms with Gasteiger partial charge in [0, 0.05) is 5.25 Å². The van der Waals surface area contributed by atoms with Crippen molar-refractivity contribution in [2.45, 2.75) is 25.5 Å². The molecule has 0 N–H and O–H groups in total. The molecule has 1 unspecified atom stereocenters. The molecule has 0 radical (unpaired) electrons. The molecule has 0 bridgehead atoms. The Morgan fingerprint density at radius 3 is 2.93 bits per heavy atom. The van der Waals surface area contributed by atoms with Crippen LogP contribution < -0.4 is 0 Å². The second kappa shape index (κ2) is 5.06. The van der Waals surface area contributed by atoms with Crippen molar-refractivity contribution >= 4 is 17.7 Å². The van der Waals surface area contributed by atoms with Crippen molar-refractivity contribution in [2.24, 2.45) is 0 Å². The van der Waals surface area contributed by atoms with E-state index in [1.54, 1.807) is 18.7 Å². The summed E-state index contributed by atoms with van der Waals surface area (Å²) in [4.78, 5) is 14.7. The quantitative estimate of drug-likeness (QED) is 0.399. The summed E-state index contributed by atoms with van der Waals surface area (Å²) < 4.78 is 4.84. The van der Waals surface area contributed by atoms with Gasteiger partial charge in [0.1, 0.15) is 0 Å². The van der Waals surface area contributed by atoms with Gasteiger partial charge in [-0.25, -0.2) is 4.85 Å². The molecule has 1 saturated heterocycles. The smallest absolute Gasteiger partial charge is 0.336 e. The fraction of sp³-hybridized carbons (Fsp3) is 0.600. The summed E-state index contributed by atoms with van der Waals surface area (Å²) in [5.41, 5.74) is 1.15. The Bertz CT molecular complexity index is 304. The molecule has 0 saturated carbocycles. The molecule has 4 heteroatoms. The van der Waals surface area contributed by atoms with Gasteiger partial charge in [0.2, 0.25) is 0 Å². The van der Waals surface area contributed by atoms with E-state index in [0.717, 1.165) is 17.7 Å². The standard InChI is InChI=1S/C10H13NO2S/c1-4-13-10(12)9(11-3)8-5-6-14-7(8)2/h7H,4-6H2,1-2H3/b9-8+. The molecular weight excluding hydrogens is 198 g/mol. The van der Waals surface area contributed by atoms with E-state index in [9.17, 15) is 4.79 Å². The number of thioether (sulfide) groups is 1. The third kappa shape index (κ3) is 2.30. The van der Waals surface area contributed by atoms with Crippen LogP contribution in [0.25, 0.3) is 4.85 Å². The monoisotopic (exact) mass is 211 g/mol. The number of rotatable bonds is 2. The highest BCUT2D eigenvalue weighted by atomic mass is 32.2. The van der Waals surface area contributed by atoms with Crippen molar-refractivity contribution in [1.29, 1.82) is 0 Å². The zero-order valence-corrected chi connectivity index (χ0v) is 9.19. The number of hydrogen-bond donors (Lipinski definition) is 0. The SMILES string of the molecule is [C-]#[N+]/C(C(=O)OCC)=C1\CCSC1C. The molecule has 0 amide bonds. The largest absolute Gasteiger partial charge is 0.471 e. The lowest BCUT2D eigenvalue weighted by molar-refractivity contribution is -0.138. The summed E-state index contributed by atoms with van der Waals surface area (Å²) in [5.74, 6) is 0.529. The van der Waals surface area contributed by atoms with Crippen LogP contribution in [0.4, 0.5) is 0 Å². The van der Waals surface area contributed by atoms with E-state index in [4.69, 9.17) is 11.3 Å². The van der Waals surface area contributed by atoms with Crippen LogP contribution in [0.1, 0.15) is 20.3 Å². The minimum absolute atomic E-state index is 0.198. The van der Waals surface area contributed by atoms with Gasteiger partial charge in [-0.05, 0) is 24.7 Å². The first-order chi connectivity index (χ1) is 6.70. The molecule has 3 nitrogen and oxygen atoms in total. The van der Waals surface area contributed by atoms with E-state index >= 15 is 0 Å². The third-order valence-corrected chi connectivity index (χ3v) is 3.34. The van der Waals surface area contributed by atoms with Gasteiger partial charge in [-0.2, -0.15) is 11.8 Å². The minimum Gasteiger partial charge on any atom is -0.471 e. The van der Waals surface area contributed by atoms with Crippen molar-refractivity contribution in [3.63, 3.8) is 0 Å². The molecule has 1 aliphatic heterocycles. The van der Waals surface area contributed by atoms with Crippen LogP contribution in [-0.4, -0.2) is 23.6 Å². The highest BCUT2D eigenvalue weighted by molar-refractivity contribution is 8.00. The van der Waals surface area contributed by atoms with E-state index in [-0.39, 0.29) is 10.9 Å². The highest BCUT2D eigenvalue weighted by Crippen LogP contribution is 2.34. The first-order valence-electron chi connectivity index (χ1n) is 4.60. The molecule has 1 aliphatic rings. The Hall–Kier alpha value is -0.950. The molecule has 1 atom stereocenters. The summed E-state index contributed by atoms with van der Waals surface area (Å²) >= 11 is 1.78. The Kier molecular flexibility index (Phi) is 4.02. The van der Waals surface area contributed by atoms with Crippen LogP contribution in [-0.2, 0) is 9.53 Å². The number of hydrogen-bond acceptors (Lipinski definition) is 3. The third-order valence-electron chi connectivity index (χ3n) is 2.11. The second-order valence-corrected chi connectivity index (χ2v) is 4.42. The van der Waals surface area contributed by atoms with Crippen LogP contribution in [0.2, 0.25) is 0 Å². The van der Waals surface area contributed by atoms with Crippen LogP contribution in [0.15, 0.2) is 11.3 Å². The summed E-state index contributed by atoms with van der Waals surface area (Å²) in [5, 5.41) is 0.281. The van der Waals surface area contributed by atoms with Gasteiger partial charge in [0.05, 0.1) is 13.2 Å². The molecule has 0 aromatic heterocycles. The van der Waals surface area contributed by atoms with Gasteiger partial charge < -0.3 is 4.74 Å². The summed E-state index contributed by atoms with van der Waals surface area (Å²) in [7, 11) is 0. The average molecular weight is 211 g/mol. The molecule has 1 fully saturated rings. The molecule has 0 aromatic rings. The van der Waals surface area contributed by atoms with E-state index in [1.807, 2.05) is 6.92 Å². The number of carbonyl (C=O) groups excluding carboxylic acids is 1. The topological polar surface area (TPSA) is 30.7 Å². The predicted molar refractivity (Wildman–Crippen MR) is 56.8 cm³/mol. The van der Waals surface area contributed by atoms with Gasteiger partial charge in [0.25, 0.3) is 5.70 Å². The van der Waals surface area contributed by atoms with E-state index in [1.165, 1.54) is 0 Å². The fourth-order valence-electron chi connectivity index (χ4n) is 1.41. The van der Waals surface area contributed by atoms with E-state index in [2.05, 4.69) is 4.85 Å².